The summed E-state index contributed by atoms with van der Waals surface area (Å²) >= 11 is 7.83. The molecule has 0 spiro atoms. The second-order valence-electron chi connectivity index (χ2n) is 5.40. The van der Waals surface area contributed by atoms with Crippen molar-refractivity contribution in [3.63, 3.8) is 0 Å². The van der Waals surface area contributed by atoms with Gasteiger partial charge < -0.3 is 4.57 Å². The number of rotatable bonds is 4. The molecule has 1 aromatic carbocycles. The highest BCUT2D eigenvalue weighted by Crippen LogP contribution is 2.31. The van der Waals surface area contributed by atoms with Gasteiger partial charge in [0.25, 0.3) is 0 Å². The zero-order chi connectivity index (χ0) is 15.0. The fourth-order valence-corrected chi connectivity index (χ4v) is 3.89. The Morgan fingerprint density at radius 2 is 2.05 bits per heavy atom. The molecule has 0 radical (unpaired) electrons. The van der Waals surface area contributed by atoms with Crippen molar-refractivity contribution in [3.05, 3.63) is 51.5 Å². The summed E-state index contributed by atoms with van der Waals surface area (Å²) in [6.07, 6.45) is 0.796. The molecule has 2 heterocycles. The standard InChI is InChI=1S/C17H19ClN2S/c1-11-5-4-6-14-17(11)19-16(9-10-18)20(14)13(3)15-8-7-12(2)21-15/h4-8,13H,9-10H2,1-3H3. The molecule has 0 saturated carbocycles. The Hall–Kier alpha value is -1.32. The number of nitrogens with zero attached hydrogens (tertiary/aromatic N) is 2. The van der Waals surface area contributed by atoms with Gasteiger partial charge in [-0.05, 0) is 44.5 Å². The van der Waals surface area contributed by atoms with Gasteiger partial charge in [0.15, 0.2) is 0 Å². The van der Waals surface area contributed by atoms with E-state index < -0.39 is 0 Å². The third-order valence-corrected chi connectivity index (χ3v) is 5.23. The molecule has 2 nitrogen and oxygen atoms in total. The molecule has 0 aliphatic rings. The van der Waals surface area contributed by atoms with E-state index in [9.17, 15) is 0 Å². The molecular formula is C17H19ClN2S. The Morgan fingerprint density at radius 1 is 1.24 bits per heavy atom. The second kappa shape index (κ2) is 5.82. The van der Waals surface area contributed by atoms with E-state index in [4.69, 9.17) is 16.6 Å². The maximum absolute atomic E-state index is 5.98. The van der Waals surface area contributed by atoms with Crippen LogP contribution in [0.1, 0.15) is 34.1 Å². The zero-order valence-corrected chi connectivity index (χ0v) is 14.1. The van der Waals surface area contributed by atoms with Crippen molar-refractivity contribution in [1.29, 1.82) is 0 Å². The maximum atomic E-state index is 5.98. The highest BCUT2D eigenvalue weighted by molar-refractivity contribution is 7.12. The second-order valence-corrected chi connectivity index (χ2v) is 7.10. The number of aryl methyl sites for hydroxylation is 3. The van der Waals surface area contributed by atoms with Crippen molar-refractivity contribution >= 4 is 34.0 Å². The number of hydrogen-bond acceptors (Lipinski definition) is 2. The van der Waals surface area contributed by atoms with Crippen molar-refractivity contribution in [2.24, 2.45) is 0 Å². The molecule has 0 amide bonds. The van der Waals surface area contributed by atoms with Gasteiger partial charge in [0.2, 0.25) is 0 Å². The van der Waals surface area contributed by atoms with Gasteiger partial charge in [-0.1, -0.05) is 12.1 Å². The molecule has 2 aromatic heterocycles. The number of halogens is 1. The van der Waals surface area contributed by atoms with E-state index in [0.717, 1.165) is 17.8 Å². The first kappa shape index (κ1) is 14.6. The van der Waals surface area contributed by atoms with Gasteiger partial charge in [-0.25, -0.2) is 4.98 Å². The summed E-state index contributed by atoms with van der Waals surface area (Å²) in [5.41, 5.74) is 3.52. The summed E-state index contributed by atoms with van der Waals surface area (Å²) in [4.78, 5) is 7.55. The van der Waals surface area contributed by atoms with Crippen LogP contribution in [0.2, 0.25) is 0 Å². The van der Waals surface area contributed by atoms with Crippen LogP contribution in [0.15, 0.2) is 30.3 Å². The number of aromatic nitrogens is 2. The number of fused-ring (bicyclic) bond motifs is 1. The quantitative estimate of drug-likeness (QED) is 0.611. The molecule has 1 atom stereocenters. The average molecular weight is 319 g/mol. The van der Waals surface area contributed by atoms with Crippen LogP contribution in [0.3, 0.4) is 0 Å². The highest BCUT2D eigenvalue weighted by atomic mass is 35.5. The number of thiophene rings is 1. The zero-order valence-electron chi connectivity index (χ0n) is 12.6. The first-order chi connectivity index (χ1) is 10.1. The largest absolute Gasteiger partial charge is 0.320 e. The Kier molecular flexibility index (Phi) is 4.05. The molecule has 0 fully saturated rings. The Balaban J connectivity index is 2.19. The first-order valence-corrected chi connectivity index (χ1v) is 8.55. The van der Waals surface area contributed by atoms with E-state index in [2.05, 4.69) is 55.7 Å². The van der Waals surface area contributed by atoms with Crippen molar-refractivity contribution in [1.82, 2.24) is 9.55 Å². The van der Waals surface area contributed by atoms with Crippen LogP contribution >= 0.6 is 22.9 Å². The van der Waals surface area contributed by atoms with Crippen molar-refractivity contribution in [2.45, 2.75) is 33.2 Å². The van der Waals surface area contributed by atoms with Crippen molar-refractivity contribution in [2.75, 3.05) is 5.88 Å². The molecule has 21 heavy (non-hydrogen) atoms. The normalized spacial score (nSPS) is 13.0. The number of alkyl halides is 1. The van der Waals surface area contributed by atoms with Crippen molar-refractivity contribution < 1.29 is 0 Å². The summed E-state index contributed by atoms with van der Waals surface area (Å²) in [5.74, 6) is 1.67. The minimum atomic E-state index is 0.286. The lowest BCUT2D eigenvalue weighted by atomic mass is 10.2. The van der Waals surface area contributed by atoms with Crippen molar-refractivity contribution in [3.8, 4) is 0 Å². The molecule has 4 heteroatoms. The Labute approximate surface area is 134 Å². The summed E-state index contributed by atoms with van der Waals surface area (Å²) in [6, 6.07) is 11.1. The van der Waals surface area contributed by atoms with Gasteiger partial charge in [-0.15, -0.1) is 22.9 Å². The van der Waals surface area contributed by atoms with Gasteiger partial charge in [0, 0.05) is 22.1 Å². The monoisotopic (exact) mass is 318 g/mol. The summed E-state index contributed by atoms with van der Waals surface area (Å²) in [5, 5.41) is 0. The van der Waals surface area contributed by atoms with Gasteiger partial charge in [0.05, 0.1) is 17.1 Å². The molecule has 3 rings (SSSR count). The fourth-order valence-electron chi connectivity index (χ4n) is 2.80. The molecule has 110 valence electrons. The molecule has 0 bridgehead atoms. The molecule has 1 unspecified atom stereocenters. The minimum absolute atomic E-state index is 0.286. The van der Waals surface area contributed by atoms with E-state index >= 15 is 0 Å². The molecule has 3 aromatic rings. The molecule has 0 N–H and O–H groups in total. The van der Waals surface area contributed by atoms with E-state index in [-0.39, 0.29) is 6.04 Å². The fraction of sp³-hybridized carbons (Fsp3) is 0.353. The lowest BCUT2D eigenvalue weighted by Crippen LogP contribution is -2.10. The SMILES string of the molecule is Cc1ccc(C(C)n2c(CCCl)nc3c(C)cccc32)s1. The maximum Gasteiger partial charge on any atom is 0.111 e. The van der Waals surface area contributed by atoms with Crippen LogP contribution in [0.5, 0.6) is 0 Å². The van der Waals surface area contributed by atoms with Crippen LogP contribution in [-0.2, 0) is 6.42 Å². The molecule has 0 aliphatic carbocycles. The first-order valence-electron chi connectivity index (χ1n) is 7.20. The van der Waals surface area contributed by atoms with Gasteiger partial charge in [-0.3, -0.25) is 0 Å². The Morgan fingerprint density at radius 3 is 2.71 bits per heavy atom. The van der Waals surface area contributed by atoms with Crippen LogP contribution in [-0.4, -0.2) is 15.4 Å². The number of para-hydroxylation sites is 1. The van der Waals surface area contributed by atoms with Gasteiger partial charge in [0.1, 0.15) is 5.82 Å². The number of benzene rings is 1. The van der Waals surface area contributed by atoms with E-state index in [1.165, 1.54) is 20.8 Å². The van der Waals surface area contributed by atoms with E-state index in [1.807, 2.05) is 11.3 Å². The Bertz CT molecular complexity index is 772. The van der Waals surface area contributed by atoms with Crippen LogP contribution in [0.25, 0.3) is 11.0 Å². The molecule has 0 saturated heterocycles. The predicted molar refractivity (Wildman–Crippen MR) is 91.8 cm³/mol. The molecule has 0 aliphatic heterocycles. The average Bonchev–Trinajstić information content (AvgIpc) is 3.03. The summed E-state index contributed by atoms with van der Waals surface area (Å²) in [6.45, 7) is 6.51. The third-order valence-electron chi connectivity index (χ3n) is 3.87. The van der Waals surface area contributed by atoms with E-state index in [0.29, 0.717) is 5.88 Å². The number of imidazole rings is 1. The highest BCUT2D eigenvalue weighted by Gasteiger charge is 2.18. The number of hydrogen-bond donors (Lipinski definition) is 0. The predicted octanol–water partition coefficient (Wildman–Crippen LogP) is 5.11. The van der Waals surface area contributed by atoms with Crippen LogP contribution in [0.4, 0.5) is 0 Å². The van der Waals surface area contributed by atoms with Gasteiger partial charge >= 0.3 is 0 Å². The lowest BCUT2D eigenvalue weighted by Gasteiger charge is -2.16. The lowest BCUT2D eigenvalue weighted by molar-refractivity contribution is 0.633. The van der Waals surface area contributed by atoms with Gasteiger partial charge in [-0.2, -0.15) is 0 Å². The van der Waals surface area contributed by atoms with Crippen LogP contribution in [0, 0.1) is 13.8 Å². The summed E-state index contributed by atoms with van der Waals surface area (Å²) < 4.78 is 2.34. The molecular weight excluding hydrogens is 300 g/mol. The summed E-state index contributed by atoms with van der Waals surface area (Å²) in [7, 11) is 0. The topological polar surface area (TPSA) is 17.8 Å². The minimum Gasteiger partial charge on any atom is -0.320 e. The van der Waals surface area contributed by atoms with Crippen LogP contribution < -0.4 is 0 Å². The third kappa shape index (κ3) is 2.60. The smallest absolute Gasteiger partial charge is 0.111 e. The van der Waals surface area contributed by atoms with E-state index in [1.54, 1.807) is 0 Å².